The Morgan fingerprint density at radius 2 is 1.78 bits per heavy atom. The van der Waals surface area contributed by atoms with Gasteiger partial charge in [0.15, 0.2) is 4.80 Å². The van der Waals surface area contributed by atoms with Crippen LogP contribution in [0.1, 0.15) is 41.6 Å². The summed E-state index contributed by atoms with van der Waals surface area (Å²) in [4.78, 5) is 17.9. The van der Waals surface area contributed by atoms with E-state index in [-0.39, 0.29) is 4.90 Å². The van der Waals surface area contributed by atoms with Gasteiger partial charge >= 0.3 is 0 Å². The Labute approximate surface area is 192 Å². The van der Waals surface area contributed by atoms with E-state index in [1.165, 1.54) is 35.6 Å². The van der Waals surface area contributed by atoms with E-state index in [9.17, 15) is 13.2 Å². The lowest BCUT2D eigenvalue weighted by Crippen LogP contribution is -2.31. The van der Waals surface area contributed by atoms with Crippen molar-refractivity contribution in [3.05, 3.63) is 58.4 Å². The Morgan fingerprint density at radius 3 is 2.44 bits per heavy atom. The molecule has 1 amide bonds. The highest BCUT2D eigenvalue weighted by atomic mass is 32.2. The number of fused-ring (bicyclic) bond motifs is 1. The van der Waals surface area contributed by atoms with Gasteiger partial charge in [0.2, 0.25) is 10.0 Å². The number of nitrogens with zero attached hydrogens (tertiary/aromatic N) is 3. The third kappa shape index (κ3) is 4.56. The van der Waals surface area contributed by atoms with Crippen LogP contribution in [0.5, 0.6) is 0 Å². The number of hydrogen-bond acceptors (Lipinski definition) is 4. The molecule has 0 spiro atoms. The van der Waals surface area contributed by atoms with Crippen LogP contribution in [0.2, 0.25) is 0 Å². The summed E-state index contributed by atoms with van der Waals surface area (Å²) in [5.41, 5.74) is 2.38. The molecule has 1 saturated heterocycles. The maximum absolute atomic E-state index is 13.0. The summed E-state index contributed by atoms with van der Waals surface area (Å²) in [5.74, 6) is 2.18. The van der Waals surface area contributed by atoms with Crippen LogP contribution >= 0.6 is 11.3 Å². The molecule has 166 valence electrons. The molecule has 0 atom stereocenters. The molecule has 32 heavy (non-hydrogen) atoms. The van der Waals surface area contributed by atoms with E-state index in [1.54, 1.807) is 4.31 Å². The summed E-state index contributed by atoms with van der Waals surface area (Å²) in [6, 6.07) is 12.1. The third-order valence-electron chi connectivity index (χ3n) is 5.59. The number of carbonyl (C=O) groups excluding carboxylic acids is 1. The molecular weight excluding hydrogens is 442 g/mol. The van der Waals surface area contributed by atoms with Gasteiger partial charge in [0.25, 0.3) is 5.91 Å². The summed E-state index contributed by atoms with van der Waals surface area (Å²) in [6.07, 6.45) is 9.39. The Balaban J connectivity index is 1.64. The lowest BCUT2D eigenvalue weighted by molar-refractivity contribution is 0.0998. The highest BCUT2D eigenvalue weighted by Gasteiger charge is 2.25. The van der Waals surface area contributed by atoms with Gasteiger partial charge in [-0.15, -0.1) is 6.42 Å². The molecule has 2 heterocycles. The van der Waals surface area contributed by atoms with Crippen molar-refractivity contribution >= 4 is 37.5 Å². The number of thiazole rings is 1. The van der Waals surface area contributed by atoms with Crippen LogP contribution in [0.4, 0.5) is 0 Å². The lowest BCUT2D eigenvalue weighted by Gasteiger charge is -2.19. The van der Waals surface area contributed by atoms with Crippen molar-refractivity contribution < 1.29 is 13.2 Å². The number of rotatable bonds is 4. The van der Waals surface area contributed by atoms with Crippen LogP contribution in [0.15, 0.2) is 52.4 Å². The van der Waals surface area contributed by atoms with Crippen molar-refractivity contribution in [3.63, 3.8) is 0 Å². The number of aryl methyl sites for hydroxylation is 1. The van der Waals surface area contributed by atoms with Gasteiger partial charge < -0.3 is 4.57 Å². The Bertz CT molecular complexity index is 1350. The number of amides is 1. The average molecular weight is 468 g/mol. The standard InChI is InChI=1S/C24H25N3O3S2/c1-3-14-27-21-13-8-18(2)17-22(21)31-24(27)25-23(28)19-9-11-20(12-10-19)32(29,30)26-15-6-4-5-7-16-26/h1,8-13,17H,4-7,14-16H2,2H3. The molecule has 1 aliphatic rings. The molecule has 0 radical (unpaired) electrons. The Hall–Kier alpha value is -2.73. The quantitative estimate of drug-likeness (QED) is 0.546. The second kappa shape index (κ2) is 9.41. The van der Waals surface area contributed by atoms with Crippen molar-refractivity contribution in [2.45, 2.75) is 44.0 Å². The Kier molecular flexibility index (Phi) is 6.60. The van der Waals surface area contributed by atoms with Crippen molar-refractivity contribution in [2.24, 2.45) is 4.99 Å². The van der Waals surface area contributed by atoms with E-state index in [4.69, 9.17) is 6.42 Å². The fourth-order valence-corrected chi connectivity index (χ4v) is 6.50. The molecule has 0 bridgehead atoms. The number of sulfonamides is 1. The minimum absolute atomic E-state index is 0.204. The summed E-state index contributed by atoms with van der Waals surface area (Å²) in [6.45, 7) is 3.40. The first-order chi connectivity index (χ1) is 15.4. The van der Waals surface area contributed by atoms with E-state index >= 15 is 0 Å². The summed E-state index contributed by atoms with van der Waals surface area (Å²) in [7, 11) is -3.55. The smallest absolute Gasteiger partial charge is 0.279 e. The fourth-order valence-electron chi connectivity index (χ4n) is 3.86. The van der Waals surface area contributed by atoms with Gasteiger partial charge in [0, 0.05) is 18.7 Å². The van der Waals surface area contributed by atoms with Crippen molar-refractivity contribution in [1.29, 1.82) is 0 Å². The predicted octanol–water partition coefficient (Wildman–Crippen LogP) is 3.95. The van der Waals surface area contributed by atoms with E-state index < -0.39 is 15.9 Å². The van der Waals surface area contributed by atoms with Gasteiger partial charge in [-0.05, 0) is 61.7 Å². The first-order valence-electron chi connectivity index (χ1n) is 10.6. The average Bonchev–Trinajstić information content (AvgIpc) is 2.95. The second-order valence-corrected chi connectivity index (χ2v) is 10.9. The molecule has 1 aliphatic heterocycles. The van der Waals surface area contributed by atoms with Crippen molar-refractivity contribution in [1.82, 2.24) is 8.87 Å². The normalized spacial score (nSPS) is 16.1. The Morgan fingerprint density at radius 1 is 1.09 bits per heavy atom. The molecule has 8 heteroatoms. The first kappa shape index (κ1) is 22.5. The monoisotopic (exact) mass is 467 g/mol. The molecule has 1 fully saturated rings. The van der Waals surface area contributed by atoms with E-state index in [2.05, 4.69) is 10.9 Å². The zero-order valence-corrected chi connectivity index (χ0v) is 19.6. The molecule has 0 saturated carbocycles. The van der Waals surface area contributed by atoms with Crippen molar-refractivity contribution in [2.75, 3.05) is 13.1 Å². The van der Waals surface area contributed by atoms with Gasteiger partial charge in [-0.3, -0.25) is 4.79 Å². The summed E-state index contributed by atoms with van der Waals surface area (Å²) >= 11 is 1.41. The van der Waals surface area contributed by atoms with Crippen LogP contribution in [0.3, 0.4) is 0 Å². The summed E-state index contributed by atoms with van der Waals surface area (Å²) in [5, 5.41) is 0. The minimum atomic E-state index is -3.55. The molecule has 6 nitrogen and oxygen atoms in total. The zero-order chi connectivity index (χ0) is 22.7. The predicted molar refractivity (Wildman–Crippen MR) is 127 cm³/mol. The second-order valence-electron chi connectivity index (χ2n) is 7.91. The van der Waals surface area contributed by atoms with Gasteiger partial charge in [-0.2, -0.15) is 9.30 Å². The van der Waals surface area contributed by atoms with E-state index in [0.717, 1.165) is 41.5 Å². The molecule has 0 aliphatic carbocycles. The van der Waals surface area contributed by atoms with Gasteiger partial charge in [0.1, 0.15) is 0 Å². The molecule has 2 aromatic carbocycles. The van der Waals surface area contributed by atoms with Gasteiger partial charge in [-0.25, -0.2) is 8.42 Å². The molecular formula is C24H25N3O3S2. The number of hydrogen-bond donors (Lipinski definition) is 0. The number of terminal acetylenes is 1. The number of aromatic nitrogens is 1. The van der Waals surface area contributed by atoms with E-state index in [0.29, 0.717) is 30.0 Å². The topological polar surface area (TPSA) is 71.7 Å². The van der Waals surface area contributed by atoms with Crippen LogP contribution < -0.4 is 4.80 Å². The van der Waals surface area contributed by atoms with Crippen molar-refractivity contribution in [3.8, 4) is 12.3 Å². The zero-order valence-electron chi connectivity index (χ0n) is 18.0. The highest BCUT2D eigenvalue weighted by Crippen LogP contribution is 2.22. The van der Waals surface area contributed by atoms with Crippen LogP contribution in [-0.4, -0.2) is 36.3 Å². The maximum atomic E-state index is 13.0. The number of benzene rings is 2. The minimum Gasteiger partial charge on any atom is -0.305 e. The van der Waals surface area contributed by atoms with Gasteiger partial charge in [-0.1, -0.05) is 36.2 Å². The molecule has 4 rings (SSSR count). The highest BCUT2D eigenvalue weighted by molar-refractivity contribution is 7.89. The fraction of sp³-hybridized carbons (Fsp3) is 0.333. The van der Waals surface area contributed by atoms with Crippen LogP contribution in [0.25, 0.3) is 10.2 Å². The van der Waals surface area contributed by atoms with Gasteiger partial charge in [0.05, 0.1) is 21.7 Å². The van der Waals surface area contributed by atoms with Crippen LogP contribution in [0, 0.1) is 19.3 Å². The maximum Gasteiger partial charge on any atom is 0.279 e. The SMILES string of the molecule is C#CCn1c(=NC(=O)c2ccc(S(=O)(=O)N3CCCCCC3)cc2)sc2cc(C)ccc21. The molecule has 1 aromatic heterocycles. The number of carbonyl (C=O) groups is 1. The van der Waals surface area contributed by atoms with E-state index in [1.807, 2.05) is 29.7 Å². The molecule has 3 aromatic rings. The third-order valence-corrected chi connectivity index (χ3v) is 8.54. The largest absolute Gasteiger partial charge is 0.305 e. The summed E-state index contributed by atoms with van der Waals surface area (Å²) < 4.78 is 30.3. The molecule has 0 unspecified atom stereocenters. The lowest BCUT2D eigenvalue weighted by atomic mass is 10.2. The first-order valence-corrected chi connectivity index (χ1v) is 12.9. The molecule has 0 N–H and O–H groups in total. The van der Waals surface area contributed by atoms with Crippen LogP contribution in [-0.2, 0) is 16.6 Å².